The highest BCUT2D eigenvalue weighted by Gasteiger charge is 2.51. The Balaban J connectivity index is 1.84. The number of hydrogen-bond acceptors (Lipinski definition) is 3. The molecule has 1 aliphatic heterocycles. The van der Waals surface area contributed by atoms with Gasteiger partial charge in [0.1, 0.15) is 0 Å². The summed E-state index contributed by atoms with van der Waals surface area (Å²) in [5.74, 6) is 0.707. The van der Waals surface area contributed by atoms with E-state index >= 15 is 0 Å². The number of nitrogens with one attached hydrogen (secondary N) is 1. The summed E-state index contributed by atoms with van der Waals surface area (Å²) < 4.78 is 31.1. The summed E-state index contributed by atoms with van der Waals surface area (Å²) in [6, 6.07) is 6.73. The summed E-state index contributed by atoms with van der Waals surface area (Å²) >= 11 is 0. The molecule has 3 atom stereocenters. The van der Waals surface area contributed by atoms with Crippen LogP contribution in [0.4, 0.5) is 0 Å². The fourth-order valence-electron chi connectivity index (χ4n) is 5.30. The molecule has 0 spiro atoms. The third-order valence-corrected chi connectivity index (χ3v) is 6.63. The van der Waals surface area contributed by atoms with Gasteiger partial charge >= 0.3 is 0 Å². The Labute approximate surface area is 137 Å². The third-order valence-electron chi connectivity index (χ3n) is 6.15. The maximum atomic E-state index is 11.1. The average Bonchev–Trinajstić information content (AvgIpc) is 2.52. The number of fused-ring (bicyclic) bond motifs is 1. The first-order valence-electron chi connectivity index (χ1n) is 8.51. The highest BCUT2D eigenvalue weighted by atomic mass is 32.2. The van der Waals surface area contributed by atoms with E-state index in [2.05, 4.69) is 11.4 Å². The van der Waals surface area contributed by atoms with Gasteiger partial charge in [0.15, 0.2) is 0 Å². The molecule has 1 aromatic carbocycles. The van der Waals surface area contributed by atoms with E-state index in [0.29, 0.717) is 12.0 Å². The molecule has 1 saturated carbocycles. The summed E-state index contributed by atoms with van der Waals surface area (Å²) in [5, 5.41) is 4.59. The smallest absolute Gasteiger partial charge is 0.287 e. The molecule has 2 bridgehead atoms. The van der Waals surface area contributed by atoms with Crippen LogP contribution in [0.1, 0.15) is 48.8 Å². The van der Waals surface area contributed by atoms with Gasteiger partial charge in [-0.3, -0.25) is 4.55 Å². The molecule has 0 radical (unpaired) electrons. The van der Waals surface area contributed by atoms with Gasteiger partial charge in [0, 0.05) is 11.5 Å². The Morgan fingerprint density at radius 3 is 2.96 bits per heavy atom. The Bertz CT molecular complexity index is 752. The van der Waals surface area contributed by atoms with Crippen LogP contribution in [0.25, 0.3) is 6.08 Å². The van der Waals surface area contributed by atoms with Gasteiger partial charge in [-0.2, -0.15) is 8.42 Å². The average molecular weight is 333 g/mol. The van der Waals surface area contributed by atoms with Crippen LogP contribution in [0.3, 0.4) is 0 Å². The van der Waals surface area contributed by atoms with Crippen molar-refractivity contribution in [1.29, 1.82) is 0 Å². The summed E-state index contributed by atoms with van der Waals surface area (Å²) in [4.78, 5) is 0. The largest absolute Gasteiger partial charge is 0.313 e. The summed E-state index contributed by atoms with van der Waals surface area (Å²) in [7, 11) is -4.09. The van der Waals surface area contributed by atoms with E-state index in [1.165, 1.54) is 43.2 Å². The minimum Gasteiger partial charge on any atom is -0.313 e. The fraction of sp³-hybridized carbons (Fsp3) is 0.556. The van der Waals surface area contributed by atoms with Crippen LogP contribution < -0.4 is 5.32 Å². The van der Waals surface area contributed by atoms with E-state index in [1.54, 1.807) is 6.08 Å². The number of piperidine rings is 1. The molecule has 3 aliphatic rings. The fourth-order valence-corrected chi connectivity index (χ4v) is 5.62. The van der Waals surface area contributed by atoms with Crippen molar-refractivity contribution in [3.63, 3.8) is 0 Å². The van der Waals surface area contributed by atoms with Crippen molar-refractivity contribution < 1.29 is 13.0 Å². The van der Waals surface area contributed by atoms with Crippen LogP contribution in [0.5, 0.6) is 0 Å². The molecule has 4 rings (SSSR count). The zero-order chi connectivity index (χ0) is 16.1. The second-order valence-electron chi connectivity index (χ2n) is 7.21. The summed E-state index contributed by atoms with van der Waals surface area (Å²) in [5.41, 5.74) is 3.89. The first kappa shape index (κ1) is 15.4. The standard InChI is InChI=1S/C18H23NO3S/c20-23(21,22)11-7-13-4-3-6-15-14(13)12-17-16-5-1-2-8-18(15,16)9-10-19-17/h3-4,6-7,11,16-17,19H,1-2,5,8-10,12H2,(H,20,21,22)/t16-,17+,18-/m0/s1. The van der Waals surface area contributed by atoms with Crippen LogP contribution in [-0.2, 0) is 22.0 Å². The predicted molar refractivity (Wildman–Crippen MR) is 90.8 cm³/mol. The van der Waals surface area contributed by atoms with Crippen molar-refractivity contribution in [3.05, 3.63) is 40.3 Å². The lowest BCUT2D eigenvalue weighted by molar-refractivity contribution is 0.0797. The molecule has 0 unspecified atom stereocenters. The van der Waals surface area contributed by atoms with Crippen LogP contribution in [0.2, 0.25) is 0 Å². The highest BCUT2D eigenvalue weighted by Crippen LogP contribution is 2.54. The molecular formula is C18H23NO3S. The maximum Gasteiger partial charge on any atom is 0.287 e. The Morgan fingerprint density at radius 2 is 2.13 bits per heavy atom. The molecule has 1 aromatic rings. The molecule has 1 heterocycles. The minimum atomic E-state index is -4.09. The molecule has 4 nitrogen and oxygen atoms in total. The Kier molecular flexibility index (Phi) is 3.63. The monoisotopic (exact) mass is 333 g/mol. The number of rotatable bonds is 2. The number of hydrogen-bond donors (Lipinski definition) is 2. The quantitative estimate of drug-likeness (QED) is 0.817. The Hall–Kier alpha value is -1.17. The minimum absolute atomic E-state index is 0.268. The lowest BCUT2D eigenvalue weighted by Gasteiger charge is -2.56. The normalized spacial score (nSPS) is 33.3. The molecule has 23 heavy (non-hydrogen) atoms. The molecule has 124 valence electrons. The zero-order valence-electron chi connectivity index (χ0n) is 13.2. The molecule has 2 N–H and O–H groups in total. The second-order valence-corrected chi connectivity index (χ2v) is 8.52. The van der Waals surface area contributed by atoms with E-state index < -0.39 is 10.1 Å². The second kappa shape index (κ2) is 5.43. The van der Waals surface area contributed by atoms with Gasteiger partial charge < -0.3 is 5.32 Å². The molecule has 2 aliphatic carbocycles. The van der Waals surface area contributed by atoms with E-state index in [-0.39, 0.29) is 5.41 Å². The molecule has 2 fully saturated rings. The van der Waals surface area contributed by atoms with Crippen molar-refractivity contribution >= 4 is 16.2 Å². The maximum absolute atomic E-state index is 11.1. The van der Waals surface area contributed by atoms with Gasteiger partial charge in [0.25, 0.3) is 10.1 Å². The van der Waals surface area contributed by atoms with E-state index in [9.17, 15) is 8.42 Å². The summed E-state index contributed by atoms with van der Waals surface area (Å²) in [6.45, 7) is 1.08. The number of benzene rings is 1. The van der Waals surface area contributed by atoms with Gasteiger partial charge in [0.05, 0.1) is 5.41 Å². The van der Waals surface area contributed by atoms with Crippen LogP contribution in [0.15, 0.2) is 23.6 Å². The van der Waals surface area contributed by atoms with Crippen LogP contribution in [0, 0.1) is 5.92 Å². The van der Waals surface area contributed by atoms with Gasteiger partial charge in [-0.25, -0.2) is 0 Å². The zero-order valence-corrected chi connectivity index (χ0v) is 14.0. The van der Waals surface area contributed by atoms with E-state index in [4.69, 9.17) is 4.55 Å². The van der Waals surface area contributed by atoms with Crippen molar-refractivity contribution in [2.75, 3.05) is 6.54 Å². The SMILES string of the molecule is O=S(=O)(O)C=Cc1cccc2c1C[C@H]1NCC[C@@]23CCCC[C@@H]13. The van der Waals surface area contributed by atoms with Crippen LogP contribution >= 0.6 is 0 Å². The van der Waals surface area contributed by atoms with Crippen molar-refractivity contribution in [2.24, 2.45) is 5.92 Å². The topological polar surface area (TPSA) is 66.4 Å². The van der Waals surface area contributed by atoms with Gasteiger partial charge in [-0.05, 0) is 60.9 Å². The third kappa shape index (κ3) is 2.55. The first-order chi connectivity index (χ1) is 11.0. The molecule has 0 amide bonds. The molecule has 5 heteroatoms. The summed E-state index contributed by atoms with van der Waals surface area (Å²) in [6.07, 6.45) is 8.82. The molecule has 0 aromatic heterocycles. The van der Waals surface area contributed by atoms with Gasteiger partial charge in [-0.1, -0.05) is 31.0 Å². The Morgan fingerprint density at radius 1 is 1.26 bits per heavy atom. The van der Waals surface area contributed by atoms with Crippen molar-refractivity contribution in [1.82, 2.24) is 5.32 Å². The predicted octanol–water partition coefficient (Wildman–Crippen LogP) is 2.89. The lowest BCUT2D eigenvalue weighted by atomic mass is 9.52. The molecule has 1 saturated heterocycles. The highest BCUT2D eigenvalue weighted by molar-refractivity contribution is 7.88. The van der Waals surface area contributed by atoms with E-state index in [1.807, 2.05) is 12.1 Å². The van der Waals surface area contributed by atoms with E-state index in [0.717, 1.165) is 23.9 Å². The molecular weight excluding hydrogens is 310 g/mol. The van der Waals surface area contributed by atoms with Gasteiger partial charge in [-0.15, -0.1) is 0 Å². The van der Waals surface area contributed by atoms with Gasteiger partial charge in [0.2, 0.25) is 0 Å². The van der Waals surface area contributed by atoms with Crippen molar-refractivity contribution in [2.45, 2.75) is 50.0 Å². The lowest BCUT2D eigenvalue weighted by Crippen LogP contribution is -2.59. The first-order valence-corrected chi connectivity index (χ1v) is 10.0. The van der Waals surface area contributed by atoms with Crippen molar-refractivity contribution in [3.8, 4) is 0 Å². The van der Waals surface area contributed by atoms with Crippen LogP contribution in [-0.4, -0.2) is 25.6 Å².